The van der Waals surface area contributed by atoms with Gasteiger partial charge in [0.25, 0.3) is 0 Å². The third-order valence-electron chi connectivity index (χ3n) is 4.05. The molecule has 0 aliphatic heterocycles. The van der Waals surface area contributed by atoms with Crippen LogP contribution < -0.4 is 14.8 Å². The van der Waals surface area contributed by atoms with Crippen molar-refractivity contribution in [3.05, 3.63) is 59.7 Å². The Balaban J connectivity index is 2.03. The molecule has 0 aliphatic rings. The minimum Gasteiger partial charge on any atom is -0.493 e. The van der Waals surface area contributed by atoms with Crippen LogP contribution in [0.5, 0.6) is 11.5 Å². The summed E-state index contributed by atoms with van der Waals surface area (Å²) >= 11 is 0. The first-order valence-electron chi connectivity index (χ1n) is 8.33. The van der Waals surface area contributed by atoms with Crippen LogP contribution in [0.3, 0.4) is 0 Å². The lowest BCUT2D eigenvalue weighted by atomic mass is 10.1. The third-order valence-corrected chi connectivity index (χ3v) is 4.05. The van der Waals surface area contributed by atoms with Crippen molar-refractivity contribution in [2.75, 3.05) is 7.11 Å². The lowest BCUT2D eigenvalue weighted by Crippen LogP contribution is -2.26. The fraction of sp³-hybridized carbons (Fsp3) is 0.400. The Morgan fingerprint density at radius 2 is 1.65 bits per heavy atom. The second-order valence-corrected chi connectivity index (χ2v) is 5.65. The van der Waals surface area contributed by atoms with E-state index < -0.39 is 0 Å². The zero-order chi connectivity index (χ0) is 16.5. The maximum Gasteiger partial charge on any atom is 0.161 e. The molecule has 0 spiro atoms. The molecule has 0 bridgehead atoms. The van der Waals surface area contributed by atoms with Crippen molar-refractivity contribution >= 4 is 0 Å². The lowest BCUT2D eigenvalue weighted by molar-refractivity contribution is 0.284. The van der Waals surface area contributed by atoms with Gasteiger partial charge in [0, 0.05) is 12.6 Å². The molecule has 0 heterocycles. The van der Waals surface area contributed by atoms with Gasteiger partial charge in [-0.15, -0.1) is 0 Å². The molecule has 0 unspecified atom stereocenters. The van der Waals surface area contributed by atoms with Crippen LogP contribution in [-0.2, 0) is 13.2 Å². The summed E-state index contributed by atoms with van der Waals surface area (Å²) in [5, 5.41) is 3.58. The Bertz CT molecular complexity index is 579. The average molecular weight is 313 g/mol. The highest BCUT2D eigenvalue weighted by molar-refractivity contribution is 5.43. The molecule has 0 radical (unpaired) electrons. The fourth-order valence-corrected chi connectivity index (χ4v) is 2.52. The molecular formula is C20H27NO2. The van der Waals surface area contributed by atoms with E-state index in [2.05, 4.69) is 43.4 Å². The number of ether oxygens (including phenoxy) is 2. The highest BCUT2D eigenvalue weighted by atomic mass is 16.5. The van der Waals surface area contributed by atoms with Crippen molar-refractivity contribution in [3.8, 4) is 11.5 Å². The van der Waals surface area contributed by atoms with Gasteiger partial charge >= 0.3 is 0 Å². The molecule has 2 rings (SSSR count). The summed E-state index contributed by atoms with van der Waals surface area (Å²) in [6.07, 6.45) is 2.29. The van der Waals surface area contributed by atoms with Gasteiger partial charge in [0.05, 0.1) is 7.11 Å². The van der Waals surface area contributed by atoms with Crippen LogP contribution in [0, 0.1) is 0 Å². The molecule has 0 amide bonds. The van der Waals surface area contributed by atoms with E-state index in [-0.39, 0.29) is 0 Å². The van der Waals surface area contributed by atoms with E-state index in [0.29, 0.717) is 12.6 Å². The standard InChI is InChI=1S/C20H27NO2/c1-4-18(5-2)21-14-17-11-12-19(22-3)20(13-17)23-15-16-9-7-6-8-10-16/h6-13,18,21H,4-5,14-15H2,1-3H3. The minimum atomic E-state index is 0.542. The van der Waals surface area contributed by atoms with Crippen LogP contribution in [-0.4, -0.2) is 13.2 Å². The Kier molecular flexibility index (Phi) is 6.95. The van der Waals surface area contributed by atoms with E-state index in [4.69, 9.17) is 9.47 Å². The summed E-state index contributed by atoms with van der Waals surface area (Å²) < 4.78 is 11.4. The zero-order valence-electron chi connectivity index (χ0n) is 14.3. The molecule has 0 aromatic heterocycles. The number of hydrogen-bond acceptors (Lipinski definition) is 3. The van der Waals surface area contributed by atoms with Crippen LogP contribution in [0.2, 0.25) is 0 Å². The predicted octanol–water partition coefficient (Wildman–Crippen LogP) is 4.55. The van der Waals surface area contributed by atoms with Gasteiger partial charge in [0.2, 0.25) is 0 Å². The normalized spacial score (nSPS) is 10.8. The first-order chi connectivity index (χ1) is 11.3. The number of hydrogen-bond donors (Lipinski definition) is 1. The largest absolute Gasteiger partial charge is 0.493 e. The van der Waals surface area contributed by atoms with Crippen molar-refractivity contribution in [1.82, 2.24) is 5.32 Å². The highest BCUT2D eigenvalue weighted by Crippen LogP contribution is 2.29. The Hall–Kier alpha value is -2.00. The summed E-state index contributed by atoms with van der Waals surface area (Å²) in [5.74, 6) is 1.56. The summed E-state index contributed by atoms with van der Waals surface area (Å²) in [6, 6.07) is 16.9. The molecule has 23 heavy (non-hydrogen) atoms. The first-order valence-corrected chi connectivity index (χ1v) is 8.33. The Morgan fingerprint density at radius 1 is 0.913 bits per heavy atom. The third kappa shape index (κ3) is 5.29. The van der Waals surface area contributed by atoms with Crippen molar-refractivity contribution in [2.45, 2.75) is 45.9 Å². The van der Waals surface area contributed by atoms with Crippen molar-refractivity contribution < 1.29 is 9.47 Å². The van der Waals surface area contributed by atoms with Crippen LogP contribution in [0.25, 0.3) is 0 Å². The van der Waals surface area contributed by atoms with Crippen molar-refractivity contribution in [2.24, 2.45) is 0 Å². The fourth-order valence-electron chi connectivity index (χ4n) is 2.52. The quantitative estimate of drug-likeness (QED) is 0.736. The molecule has 0 saturated heterocycles. The SMILES string of the molecule is CCC(CC)NCc1ccc(OC)c(OCc2ccccc2)c1. The summed E-state index contributed by atoms with van der Waals surface area (Å²) in [6.45, 7) is 5.81. The van der Waals surface area contributed by atoms with Crippen molar-refractivity contribution in [1.29, 1.82) is 0 Å². The van der Waals surface area contributed by atoms with Gasteiger partial charge in [0.1, 0.15) is 6.61 Å². The molecule has 0 aliphatic carbocycles. The van der Waals surface area contributed by atoms with Crippen LogP contribution in [0.4, 0.5) is 0 Å². The van der Waals surface area contributed by atoms with Crippen molar-refractivity contribution in [3.63, 3.8) is 0 Å². The van der Waals surface area contributed by atoms with Gasteiger partial charge < -0.3 is 14.8 Å². The smallest absolute Gasteiger partial charge is 0.161 e. The Morgan fingerprint density at radius 3 is 2.30 bits per heavy atom. The van der Waals surface area contributed by atoms with Gasteiger partial charge in [-0.05, 0) is 36.1 Å². The number of nitrogens with one attached hydrogen (secondary N) is 1. The number of methoxy groups -OCH3 is 1. The van der Waals surface area contributed by atoms with Gasteiger partial charge in [-0.25, -0.2) is 0 Å². The Labute approximate surface area is 139 Å². The predicted molar refractivity (Wildman–Crippen MR) is 95.0 cm³/mol. The molecule has 2 aromatic rings. The van der Waals surface area contributed by atoms with E-state index in [1.54, 1.807) is 7.11 Å². The van der Waals surface area contributed by atoms with Crippen LogP contribution in [0.1, 0.15) is 37.8 Å². The number of rotatable bonds is 9. The van der Waals surface area contributed by atoms with E-state index >= 15 is 0 Å². The molecule has 0 atom stereocenters. The van der Waals surface area contributed by atoms with E-state index in [0.717, 1.165) is 36.4 Å². The first kappa shape index (κ1) is 17.4. The number of benzene rings is 2. The van der Waals surface area contributed by atoms with Crippen LogP contribution >= 0.6 is 0 Å². The van der Waals surface area contributed by atoms with E-state index in [9.17, 15) is 0 Å². The van der Waals surface area contributed by atoms with Gasteiger partial charge in [0.15, 0.2) is 11.5 Å². The molecule has 3 nitrogen and oxygen atoms in total. The molecule has 124 valence electrons. The summed E-state index contributed by atoms with van der Waals surface area (Å²) in [4.78, 5) is 0. The summed E-state index contributed by atoms with van der Waals surface area (Å²) in [5.41, 5.74) is 2.36. The highest BCUT2D eigenvalue weighted by Gasteiger charge is 2.08. The minimum absolute atomic E-state index is 0.542. The van der Waals surface area contributed by atoms with E-state index in [1.807, 2.05) is 24.3 Å². The van der Waals surface area contributed by atoms with E-state index in [1.165, 1.54) is 5.56 Å². The van der Waals surface area contributed by atoms with Crippen LogP contribution in [0.15, 0.2) is 48.5 Å². The monoisotopic (exact) mass is 313 g/mol. The maximum atomic E-state index is 5.96. The molecule has 3 heteroatoms. The second-order valence-electron chi connectivity index (χ2n) is 5.65. The van der Waals surface area contributed by atoms with Gasteiger partial charge in [-0.3, -0.25) is 0 Å². The second kappa shape index (κ2) is 9.21. The molecule has 0 fully saturated rings. The molecule has 2 aromatic carbocycles. The maximum absolute atomic E-state index is 5.96. The topological polar surface area (TPSA) is 30.5 Å². The molecule has 0 saturated carbocycles. The van der Waals surface area contributed by atoms with Gasteiger partial charge in [-0.2, -0.15) is 0 Å². The van der Waals surface area contributed by atoms with Gasteiger partial charge in [-0.1, -0.05) is 50.2 Å². The molecular weight excluding hydrogens is 286 g/mol. The zero-order valence-corrected chi connectivity index (χ0v) is 14.3. The molecule has 1 N–H and O–H groups in total. The summed E-state index contributed by atoms with van der Waals surface area (Å²) in [7, 11) is 1.67. The average Bonchev–Trinajstić information content (AvgIpc) is 2.62. The lowest BCUT2D eigenvalue weighted by Gasteiger charge is -2.16.